The number of carbonyl (C=O) groups excluding carboxylic acids is 1. The predicted octanol–water partition coefficient (Wildman–Crippen LogP) is 2.30. The van der Waals surface area contributed by atoms with Gasteiger partial charge in [0.25, 0.3) is 0 Å². The van der Waals surface area contributed by atoms with Gasteiger partial charge in [-0.15, -0.1) is 5.10 Å². The molecule has 0 atom stereocenters. The number of tetrazole rings is 1. The molecule has 0 aliphatic carbocycles. The van der Waals surface area contributed by atoms with Crippen molar-refractivity contribution in [3.63, 3.8) is 0 Å². The van der Waals surface area contributed by atoms with Gasteiger partial charge in [-0.25, -0.2) is 4.68 Å². The summed E-state index contributed by atoms with van der Waals surface area (Å²) in [6.07, 6.45) is 0. The zero-order valence-electron chi connectivity index (χ0n) is 17.1. The molecule has 1 aliphatic rings. The first kappa shape index (κ1) is 20.6. The second-order valence-corrected chi connectivity index (χ2v) is 8.79. The second-order valence-electron chi connectivity index (χ2n) is 7.85. The molecule has 0 radical (unpaired) electrons. The lowest BCUT2D eigenvalue weighted by molar-refractivity contribution is -0.113. The monoisotopic (exact) mass is 403 g/mol. The molecule has 2 aromatic rings. The summed E-state index contributed by atoms with van der Waals surface area (Å²) < 4.78 is 1.73. The molecule has 1 aliphatic heterocycles. The number of carbonyl (C=O) groups is 1. The van der Waals surface area contributed by atoms with Gasteiger partial charge in [0.05, 0.1) is 11.3 Å². The Hall–Kier alpha value is -2.13. The normalized spacial score (nSPS) is 15.6. The van der Waals surface area contributed by atoms with Crippen molar-refractivity contribution in [3.05, 3.63) is 24.3 Å². The lowest BCUT2D eigenvalue weighted by Gasteiger charge is -2.35. The Morgan fingerprint density at radius 1 is 1.14 bits per heavy atom. The Morgan fingerprint density at radius 3 is 2.43 bits per heavy atom. The standard InChI is InChI=1S/C19H29N7OS/c1-5-24-10-12-25(13-11-24)16-8-6-15(7-9-16)20-17(27)14-28-18-21-22-23-26(18)19(2,3)4/h6-9H,5,10-14H2,1-4H3,(H,20,27). The van der Waals surface area contributed by atoms with Crippen LogP contribution in [0.3, 0.4) is 0 Å². The highest BCUT2D eigenvalue weighted by Crippen LogP contribution is 2.22. The largest absolute Gasteiger partial charge is 0.369 e. The van der Waals surface area contributed by atoms with Gasteiger partial charge in [0, 0.05) is 37.6 Å². The summed E-state index contributed by atoms with van der Waals surface area (Å²) in [4.78, 5) is 17.1. The number of amides is 1. The van der Waals surface area contributed by atoms with E-state index in [-0.39, 0.29) is 17.2 Å². The van der Waals surface area contributed by atoms with Crippen LogP contribution in [0, 0.1) is 0 Å². The average Bonchev–Trinajstić information content (AvgIpc) is 3.16. The number of likely N-dealkylation sites (N-methyl/N-ethyl adjacent to an activating group) is 1. The minimum atomic E-state index is -0.221. The van der Waals surface area contributed by atoms with Crippen molar-refractivity contribution in [1.82, 2.24) is 25.1 Å². The van der Waals surface area contributed by atoms with E-state index >= 15 is 0 Å². The molecule has 1 amide bonds. The van der Waals surface area contributed by atoms with Crippen LogP contribution in [0.5, 0.6) is 0 Å². The molecule has 0 bridgehead atoms. The van der Waals surface area contributed by atoms with E-state index in [0.717, 1.165) is 38.4 Å². The Kier molecular flexibility index (Phi) is 6.56. The number of nitrogens with one attached hydrogen (secondary N) is 1. The van der Waals surface area contributed by atoms with E-state index in [4.69, 9.17) is 0 Å². The number of hydrogen-bond donors (Lipinski definition) is 1. The molecular formula is C19H29N7OS. The van der Waals surface area contributed by atoms with Crippen LogP contribution < -0.4 is 10.2 Å². The topological polar surface area (TPSA) is 79.2 Å². The Labute approximate surface area is 170 Å². The summed E-state index contributed by atoms with van der Waals surface area (Å²) in [5, 5.41) is 15.3. The Balaban J connectivity index is 1.50. The summed E-state index contributed by atoms with van der Waals surface area (Å²) in [7, 11) is 0. The highest BCUT2D eigenvalue weighted by atomic mass is 32.2. The first-order valence-electron chi connectivity index (χ1n) is 9.65. The van der Waals surface area contributed by atoms with Gasteiger partial charge in [-0.2, -0.15) is 0 Å². The van der Waals surface area contributed by atoms with Crippen LogP contribution in [-0.2, 0) is 10.3 Å². The van der Waals surface area contributed by atoms with Gasteiger partial charge in [0.1, 0.15) is 0 Å². The maximum Gasteiger partial charge on any atom is 0.234 e. The number of anilines is 2. The molecule has 28 heavy (non-hydrogen) atoms. The Morgan fingerprint density at radius 2 is 1.82 bits per heavy atom. The van der Waals surface area contributed by atoms with Gasteiger partial charge < -0.3 is 15.1 Å². The maximum atomic E-state index is 12.3. The van der Waals surface area contributed by atoms with E-state index in [1.165, 1.54) is 17.4 Å². The number of piperazine rings is 1. The summed E-state index contributed by atoms with van der Waals surface area (Å²) in [5.74, 6) is 0.190. The van der Waals surface area contributed by atoms with Crippen molar-refractivity contribution in [2.75, 3.05) is 48.7 Å². The van der Waals surface area contributed by atoms with Crippen LogP contribution in [0.2, 0.25) is 0 Å². The molecule has 0 unspecified atom stereocenters. The molecule has 8 nitrogen and oxygen atoms in total. The first-order valence-corrected chi connectivity index (χ1v) is 10.6. The van der Waals surface area contributed by atoms with Crippen molar-refractivity contribution < 1.29 is 4.79 Å². The number of aromatic nitrogens is 4. The van der Waals surface area contributed by atoms with Crippen molar-refractivity contribution in [3.8, 4) is 0 Å². The molecule has 1 saturated heterocycles. The van der Waals surface area contributed by atoms with Crippen LogP contribution in [-0.4, -0.2) is 69.5 Å². The first-order chi connectivity index (χ1) is 13.4. The summed E-state index contributed by atoms with van der Waals surface area (Å²) in [6, 6.07) is 8.07. The van der Waals surface area contributed by atoms with Crippen molar-refractivity contribution in [1.29, 1.82) is 0 Å². The van der Waals surface area contributed by atoms with Crippen LogP contribution in [0.4, 0.5) is 11.4 Å². The molecule has 152 valence electrons. The van der Waals surface area contributed by atoms with Crippen LogP contribution in [0.15, 0.2) is 29.4 Å². The highest BCUT2D eigenvalue weighted by Gasteiger charge is 2.20. The van der Waals surface area contributed by atoms with E-state index in [9.17, 15) is 4.79 Å². The van der Waals surface area contributed by atoms with Gasteiger partial charge in [-0.3, -0.25) is 4.79 Å². The molecule has 1 N–H and O–H groups in total. The fourth-order valence-corrected chi connectivity index (χ4v) is 3.95. The third kappa shape index (κ3) is 5.23. The molecular weight excluding hydrogens is 374 g/mol. The number of hydrogen-bond acceptors (Lipinski definition) is 7. The Bertz CT molecular complexity index is 776. The van der Waals surface area contributed by atoms with Gasteiger partial charge in [-0.05, 0) is 62.0 Å². The number of benzene rings is 1. The van der Waals surface area contributed by atoms with E-state index < -0.39 is 0 Å². The van der Waals surface area contributed by atoms with Gasteiger partial charge >= 0.3 is 0 Å². The molecule has 1 fully saturated rings. The smallest absolute Gasteiger partial charge is 0.234 e. The van der Waals surface area contributed by atoms with Gasteiger partial charge in [0.2, 0.25) is 11.1 Å². The lowest BCUT2D eigenvalue weighted by atomic mass is 10.1. The van der Waals surface area contributed by atoms with E-state index in [1.54, 1.807) is 4.68 Å². The van der Waals surface area contributed by atoms with Crippen LogP contribution in [0.1, 0.15) is 27.7 Å². The molecule has 1 aromatic heterocycles. The molecule has 1 aromatic carbocycles. The van der Waals surface area contributed by atoms with Crippen LogP contribution in [0.25, 0.3) is 0 Å². The van der Waals surface area contributed by atoms with Gasteiger partial charge in [0.15, 0.2) is 0 Å². The minimum absolute atomic E-state index is 0.0715. The zero-order valence-corrected chi connectivity index (χ0v) is 17.9. The van der Waals surface area contributed by atoms with Crippen molar-refractivity contribution in [2.45, 2.75) is 38.4 Å². The maximum absolute atomic E-state index is 12.3. The molecule has 2 heterocycles. The predicted molar refractivity (Wildman–Crippen MR) is 113 cm³/mol. The zero-order chi connectivity index (χ0) is 20.1. The summed E-state index contributed by atoms with van der Waals surface area (Å²) >= 11 is 1.34. The number of rotatable bonds is 6. The van der Waals surface area contributed by atoms with Crippen molar-refractivity contribution >= 4 is 29.0 Å². The van der Waals surface area contributed by atoms with E-state index in [1.807, 2.05) is 32.9 Å². The molecule has 3 rings (SSSR count). The number of thioether (sulfide) groups is 1. The SMILES string of the molecule is CCN1CCN(c2ccc(NC(=O)CSc3nnnn3C(C)(C)C)cc2)CC1. The molecule has 0 saturated carbocycles. The molecule has 0 spiro atoms. The third-order valence-electron chi connectivity index (χ3n) is 4.74. The van der Waals surface area contributed by atoms with E-state index in [2.05, 4.69) is 49.7 Å². The second kappa shape index (κ2) is 8.91. The average molecular weight is 404 g/mol. The summed E-state index contributed by atoms with van der Waals surface area (Å²) in [5.41, 5.74) is 1.78. The van der Waals surface area contributed by atoms with Gasteiger partial charge in [-0.1, -0.05) is 18.7 Å². The van der Waals surface area contributed by atoms with E-state index in [0.29, 0.717) is 5.16 Å². The highest BCUT2D eigenvalue weighted by molar-refractivity contribution is 7.99. The summed E-state index contributed by atoms with van der Waals surface area (Å²) in [6.45, 7) is 13.7. The third-order valence-corrected chi connectivity index (χ3v) is 5.66. The fourth-order valence-electron chi connectivity index (χ4n) is 3.10. The minimum Gasteiger partial charge on any atom is -0.369 e. The number of nitrogens with zero attached hydrogens (tertiary/aromatic N) is 6. The van der Waals surface area contributed by atoms with Crippen LogP contribution >= 0.6 is 11.8 Å². The lowest BCUT2D eigenvalue weighted by Crippen LogP contribution is -2.46. The van der Waals surface area contributed by atoms with Crippen molar-refractivity contribution in [2.24, 2.45) is 0 Å². The fraction of sp³-hybridized carbons (Fsp3) is 0.579. The molecule has 9 heteroatoms. The quantitative estimate of drug-likeness (QED) is 0.742.